The maximum absolute atomic E-state index is 11.5. The Bertz CT molecular complexity index is 480. The highest BCUT2D eigenvalue weighted by Gasteiger charge is 2.11. The largest absolute Gasteiger partial charge is 0.481 e. The molecule has 0 unspecified atom stereocenters. The summed E-state index contributed by atoms with van der Waals surface area (Å²) in [7, 11) is 0. The van der Waals surface area contributed by atoms with Gasteiger partial charge >= 0.3 is 17.9 Å². The van der Waals surface area contributed by atoms with Crippen LogP contribution in [0.5, 0.6) is 5.75 Å². The molecule has 0 saturated carbocycles. The van der Waals surface area contributed by atoms with Gasteiger partial charge in [-0.15, -0.1) is 0 Å². The van der Waals surface area contributed by atoms with Crippen LogP contribution in [0.2, 0.25) is 0 Å². The molecule has 0 atom stereocenters. The van der Waals surface area contributed by atoms with Gasteiger partial charge in [-0.3, -0.25) is 9.59 Å². The third-order valence-corrected chi connectivity index (χ3v) is 2.12. The molecule has 1 aromatic rings. The quantitative estimate of drug-likeness (QED) is 0.621. The molecule has 19 heavy (non-hydrogen) atoms. The standard InChI is InChI=1S/C13H14O6/c1-2-18-13(17)9-4-3-5-10(8-9)19-12(16)7-6-11(14)15/h3-5,8H,2,6-7H2,1H3,(H,14,15). The van der Waals surface area contributed by atoms with Crippen molar-refractivity contribution in [3.63, 3.8) is 0 Å². The van der Waals surface area contributed by atoms with E-state index in [4.69, 9.17) is 14.6 Å². The molecule has 0 aromatic heterocycles. The highest BCUT2D eigenvalue weighted by molar-refractivity contribution is 5.90. The molecule has 0 aliphatic rings. The maximum atomic E-state index is 11.5. The Morgan fingerprint density at radius 2 is 1.95 bits per heavy atom. The van der Waals surface area contributed by atoms with Gasteiger partial charge in [-0.05, 0) is 25.1 Å². The van der Waals surface area contributed by atoms with E-state index in [1.54, 1.807) is 13.0 Å². The Labute approximate surface area is 109 Å². The van der Waals surface area contributed by atoms with Crippen molar-refractivity contribution in [1.82, 2.24) is 0 Å². The summed E-state index contributed by atoms with van der Waals surface area (Å²) in [4.78, 5) is 33.1. The van der Waals surface area contributed by atoms with E-state index in [0.29, 0.717) is 0 Å². The van der Waals surface area contributed by atoms with Crippen LogP contribution in [0, 0.1) is 0 Å². The Kier molecular flexibility index (Phi) is 5.53. The van der Waals surface area contributed by atoms with Crippen LogP contribution in [0.4, 0.5) is 0 Å². The fourth-order valence-corrected chi connectivity index (χ4v) is 1.29. The Balaban J connectivity index is 2.64. The summed E-state index contributed by atoms with van der Waals surface area (Å²) in [5.74, 6) is -2.06. The highest BCUT2D eigenvalue weighted by Crippen LogP contribution is 2.15. The highest BCUT2D eigenvalue weighted by atomic mass is 16.5. The Morgan fingerprint density at radius 3 is 2.58 bits per heavy atom. The summed E-state index contributed by atoms with van der Waals surface area (Å²) in [5.41, 5.74) is 0.269. The molecule has 0 fully saturated rings. The zero-order chi connectivity index (χ0) is 14.3. The number of rotatable bonds is 6. The second-order valence-corrected chi connectivity index (χ2v) is 3.62. The van der Waals surface area contributed by atoms with Crippen molar-refractivity contribution >= 4 is 17.9 Å². The lowest BCUT2D eigenvalue weighted by atomic mass is 10.2. The lowest BCUT2D eigenvalue weighted by Crippen LogP contribution is -2.11. The zero-order valence-electron chi connectivity index (χ0n) is 10.4. The van der Waals surface area contributed by atoms with E-state index in [-0.39, 0.29) is 30.8 Å². The second-order valence-electron chi connectivity index (χ2n) is 3.62. The number of carboxylic acid groups (broad SMARTS) is 1. The Morgan fingerprint density at radius 1 is 1.21 bits per heavy atom. The molecule has 0 saturated heterocycles. The number of carbonyl (C=O) groups excluding carboxylic acids is 2. The van der Waals surface area contributed by atoms with Gasteiger partial charge in [0.05, 0.1) is 25.0 Å². The third kappa shape index (κ3) is 5.20. The van der Waals surface area contributed by atoms with E-state index in [1.807, 2.05) is 0 Å². The van der Waals surface area contributed by atoms with Crippen molar-refractivity contribution in [2.24, 2.45) is 0 Å². The van der Waals surface area contributed by atoms with Crippen LogP contribution in [0.15, 0.2) is 24.3 Å². The van der Waals surface area contributed by atoms with E-state index in [9.17, 15) is 14.4 Å². The number of hydrogen-bond acceptors (Lipinski definition) is 5. The molecular formula is C13H14O6. The van der Waals surface area contributed by atoms with E-state index < -0.39 is 17.9 Å². The number of ether oxygens (including phenoxy) is 2. The SMILES string of the molecule is CCOC(=O)c1cccc(OC(=O)CCC(=O)O)c1. The van der Waals surface area contributed by atoms with Crippen LogP contribution in [-0.4, -0.2) is 29.6 Å². The molecule has 6 heteroatoms. The predicted molar refractivity (Wildman–Crippen MR) is 64.9 cm³/mol. The molecule has 0 bridgehead atoms. The van der Waals surface area contributed by atoms with Gasteiger partial charge in [0.25, 0.3) is 0 Å². The zero-order valence-corrected chi connectivity index (χ0v) is 10.4. The average Bonchev–Trinajstić information content (AvgIpc) is 2.37. The summed E-state index contributed by atoms with van der Waals surface area (Å²) >= 11 is 0. The third-order valence-electron chi connectivity index (χ3n) is 2.12. The second kappa shape index (κ2) is 7.15. The van der Waals surface area contributed by atoms with Crippen molar-refractivity contribution in [3.8, 4) is 5.75 Å². The molecule has 0 spiro atoms. The molecule has 0 heterocycles. The summed E-state index contributed by atoms with van der Waals surface area (Å²) in [6.07, 6.45) is -0.518. The lowest BCUT2D eigenvalue weighted by Gasteiger charge is -2.05. The minimum Gasteiger partial charge on any atom is -0.481 e. The Hall–Kier alpha value is -2.37. The van der Waals surface area contributed by atoms with Crippen LogP contribution >= 0.6 is 0 Å². The van der Waals surface area contributed by atoms with Gasteiger partial charge in [-0.25, -0.2) is 4.79 Å². The smallest absolute Gasteiger partial charge is 0.338 e. The number of aliphatic carboxylic acids is 1. The molecule has 1 aromatic carbocycles. The molecule has 1 N–H and O–H groups in total. The van der Waals surface area contributed by atoms with Crippen LogP contribution < -0.4 is 4.74 Å². The van der Waals surface area contributed by atoms with Gasteiger partial charge in [0.15, 0.2) is 0 Å². The van der Waals surface area contributed by atoms with Crippen molar-refractivity contribution in [1.29, 1.82) is 0 Å². The van der Waals surface area contributed by atoms with E-state index in [2.05, 4.69) is 0 Å². The van der Waals surface area contributed by atoms with Crippen LogP contribution in [0.25, 0.3) is 0 Å². The van der Waals surface area contributed by atoms with Gasteiger partial charge in [-0.2, -0.15) is 0 Å². The molecule has 0 aliphatic carbocycles. The molecule has 102 valence electrons. The molecule has 1 rings (SSSR count). The fraction of sp³-hybridized carbons (Fsp3) is 0.308. The minimum absolute atomic E-state index is 0.181. The number of benzene rings is 1. The van der Waals surface area contributed by atoms with E-state index in [1.165, 1.54) is 18.2 Å². The van der Waals surface area contributed by atoms with Gasteiger partial charge < -0.3 is 14.6 Å². The maximum Gasteiger partial charge on any atom is 0.338 e. The van der Waals surface area contributed by atoms with E-state index >= 15 is 0 Å². The monoisotopic (exact) mass is 266 g/mol. The summed E-state index contributed by atoms with van der Waals surface area (Å²) in [6, 6.07) is 5.96. The first-order valence-electron chi connectivity index (χ1n) is 5.72. The van der Waals surface area contributed by atoms with Gasteiger partial charge in [0.1, 0.15) is 5.75 Å². The van der Waals surface area contributed by atoms with Gasteiger partial charge in [-0.1, -0.05) is 6.07 Å². The first-order valence-corrected chi connectivity index (χ1v) is 5.72. The summed E-state index contributed by atoms with van der Waals surface area (Å²) in [5, 5.41) is 8.44. The number of carbonyl (C=O) groups is 3. The van der Waals surface area contributed by atoms with Crippen molar-refractivity contribution < 1.29 is 29.0 Å². The predicted octanol–water partition coefficient (Wildman–Crippen LogP) is 1.63. The first kappa shape index (κ1) is 14.7. The lowest BCUT2D eigenvalue weighted by molar-refractivity contribution is -0.142. The van der Waals surface area contributed by atoms with Crippen LogP contribution in [0.3, 0.4) is 0 Å². The van der Waals surface area contributed by atoms with Gasteiger partial charge in [0, 0.05) is 0 Å². The fourth-order valence-electron chi connectivity index (χ4n) is 1.29. The van der Waals surface area contributed by atoms with Crippen molar-refractivity contribution in [2.45, 2.75) is 19.8 Å². The average molecular weight is 266 g/mol. The number of esters is 2. The molecule has 0 radical (unpaired) electrons. The number of carboxylic acids is 1. The van der Waals surface area contributed by atoms with E-state index in [0.717, 1.165) is 0 Å². The normalized spacial score (nSPS) is 9.74. The first-order chi connectivity index (χ1) is 9.02. The van der Waals surface area contributed by atoms with Crippen molar-refractivity contribution in [2.75, 3.05) is 6.61 Å². The van der Waals surface area contributed by atoms with Crippen molar-refractivity contribution in [3.05, 3.63) is 29.8 Å². The minimum atomic E-state index is -1.07. The topological polar surface area (TPSA) is 89.9 Å². The molecule has 6 nitrogen and oxygen atoms in total. The summed E-state index contributed by atoms with van der Waals surface area (Å²) < 4.78 is 9.73. The van der Waals surface area contributed by atoms with Gasteiger partial charge in [0.2, 0.25) is 0 Å². The molecular weight excluding hydrogens is 252 g/mol. The van der Waals surface area contributed by atoms with Crippen LogP contribution in [-0.2, 0) is 14.3 Å². The summed E-state index contributed by atoms with van der Waals surface area (Å²) in [6.45, 7) is 1.94. The molecule has 0 aliphatic heterocycles. The number of hydrogen-bond donors (Lipinski definition) is 1. The van der Waals surface area contributed by atoms with Crippen LogP contribution in [0.1, 0.15) is 30.1 Å². The molecule has 0 amide bonds.